The van der Waals surface area contributed by atoms with E-state index in [0.717, 1.165) is 18.4 Å². The molecule has 1 aromatic carbocycles. The van der Waals surface area contributed by atoms with Gasteiger partial charge in [0.2, 0.25) is 11.8 Å². The van der Waals surface area contributed by atoms with Crippen LogP contribution in [0.2, 0.25) is 0 Å². The molecule has 1 heterocycles. The first-order valence-electron chi connectivity index (χ1n) is 8.22. The van der Waals surface area contributed by atoms with Crippen molar-refractivity contribution in [3.05, 3.63) is 29.8 Å². The highest BCUT2D eigenvalue weighted by Crippen LogP contribution is 2.25. The van der Waals surface area contributed by atoms with Crippen LogP contribution in [0.3, 0.4) is 0 Å². The van der Waals surface area contributed by atoms with E-state index >= 15 is 0 Å². The van der Waals surface area contributed by atoms with Crippen LogP contribution in [0.15, 0.2) is 29.2 Å². The number of amides is 2. The molecule has 0 aliphatic carbocycles. The van der Waals surface area contributed by atoms with Gasteiger partial charge in [-0.05, 0) is 37.5 Å². The Labute approximate surface area is 143 Å². The van der Waals surface area contributed by atoms with Crippen LogP contribution in [-0.2, 0) is 9.59 Å². The van der Waals surface area contributed by atoms with Gasteiger partial charge in [-0.2, -0.15) is 0 Å². The van der Waals surface area contributed by atoms with Gasteiger partial charge >= 0.3 is 0 Å². The molecule has 2 amide bonds. The standard InChI is InChI=1S/C18H26N2O2S/c1-12(2)23-16-9-7-15(8-10-16)13(3)19-18(22)17-6-5-11-20(17)14(4)21/h7-10,12-13,17H,5-6,11H2,1-4H3,(H,19,22)/t13-,17-/m1/s1. The van der Waals surface area contributed by atoms with Gasteiger partial charge in [0.05, 0.1) is 6.04 Å². The SMILES string of the molecule is CC(=O)N1CCC[C@@H]1C(=O)N[C@H](C)c1ccc(SC(C)C)cc1. The minimum Gasteiger partial charge on any atom is -0.348 e. The van der Waals surface area contributed by atoms with E-state index < -0.39 is 0 Å². The Hall–Kier alpha value is -1.49. The number of hydrogen-bond acceptors (Lipinski definition) is 3. The highest BCUT2D eigenvalue weighted by atomic mass is 32.2. The normalized spacial score (nSPS) is 19.0. The molecule has 5 heteroatoms. The van der Waals surface area contributed by atoms with E-state index in [1.807, 2.05) is 18.7 Å². The van der Waals surface area contributed by atoms with Crippen LogP contribution < -0.4 is 5.32 Å². The van der Waals surface area contributed by atoms with Gasteiger partial charge in [0, 0.05) is 23.6 Å². The van der Waals surface area contributed by atoms with Gasteiger partial charge in [-0.15, -0.1) is 11.8 Å². The van der Waals surface area contributed by atoms with Crippen molar-refractivity contribution < 1.29 is 9.59 Å². The van der Waals surface area contributed by atoms with Crippen molar-refractivity contribution >= 4 is 23.6 Å². The molecule has 0 aromatic heterocycles. The lowest BCUT2D eigenvalue weighted by molar-refractivity contribution is -0.137. The van der Waals surface area contributed by atoms with Crippen LogP contribution in [0.25, 0.3) is 0 Å². The maximum Gasteiger partial charge on any atom is 0.243 e. The monoisotopic (exact) mass is 334 g/mol. The molecule has 1 N–H and O–H groups in total. The zero-order valence-corrected chi connectivity index (χ0v) is 15.2. The molecule has 2 atom stereocenters. The summed E-state index contributed by atoms with van der Waals surface area (Å²) in [5.74, 6) is -0.0730. The van der Waals surface area contributed by atoms with Crippen molar-refractivity contribution in [1.82, 2.24) is 10.2 Å². The fourth-order valence-electron chi connectivity index (χ4n) is 2.92. The molecule has 0 saturated carbocycles. The molecule has 4 nitrogen and oxygen atoms in total. The number of nitrogens with one attached hydrogen (secondary N) is 1. The van der Waals surface area contributed by atoms with Crippen molar-refractivity contribution in [1.29, 1.82) is 0 Å². The fourth-order valence-corrected chi connectivity index (χ4v) is 3.75. The van der Waals surface area contributed by atoms with Crippen molar-refractivity contribution in [3.8, 4) is 0 Å². The maximum absolute atomic E-state index is 12.4. The van der Waals surface area contributed by atoms with Crippen molar-refractivity contribution in [2.45, 2.75) is 62.8 Å². The third-order valence-electron chi connectivity index (χ3n) is 4.07. The number of rotatable bonds is 5. The summed E-state index contributed by atoms with van der Waals surface area (Å²) in [5, 5.41) is 3.60. The lowest BCUT2D eigenvalue weighted by atomic mass is 10.1. The smallest absolute Gasteiger partial charge is 0.243 e. The summed E-state index contributed by atoms with van der Waals surface area (Å²) in [7, 11) is 0. The first kappa shape index (κ1) is 17.9. The summed E-state index contributed by atoms with van der Waals surface area (Å²) >= 11 is 1.83. The molecule has 0 bridgehead atoms. The molecule has 1 aliphatic heterocycles. The minimum absolute atomic E-state index is 0.0228. The van der Waals surface area contributed by atoms with E-state index in [2.05, 4.69) is 43.4 Å². The molecule has 2 rings (SSSR count). The van der Waals surface area contributed by atoms with E-state index in [0.29, 0.717) is 11.8 Å². The Morgan fingerprint density at radius 1 is 1.22 bits per heavy atom. The molecule has 0 spiro atoms. The van der Waals surface area contributed by atoms with E-state index in [-0.39, 0.29) is 23.9 Å². The first-order chi connectivity index (χ1) is 10.9. The Kier molecular flexibility index (Phi) is 6.10. The van der Waals surface area contributed by atoms with E-state index in [1.54, 1.807) is 4.90 Å². The topological polar surface area (TPSA) is 49.4 Å². The molecule has 0 radical (unpaired) electrons. The number of nitrogens with zero attached hydrogens (tertiary/aromatic N) is 1. The predicted molar refractivity (Wildman–Crippen MR) is 94.4 cm³/mol. The molecular formula is C18H26N2O2S. The van der Waals surface area contributed by atoms with Gasteiger partial charge in [0.1, 0.15) is 6.04 Å². The predicted octanol–water partition coefficient (Wildman–Crippen LogP) is 3.38. The van der Waals surface area contributed by atoms with Crippen LogP contribution in [0, 0.1) is 0 Å². The van der Waals surface area contributed by atoms with Crippen LogP contribution >= 0.6 is 11.8 Å². The zero-order valence-electron chi connectivity index (χ0n) is 14.3. The summed E-state index contributed by atoms with van der Waals surface area (Å²) in [4.78, 5) is 26.9. The summed E-state index contributed by atoms with van der Waals surface area (Å²) in [6.07, 6.45) is 1.65. The van der Waals surface area contributed by atoms with E-state index in [1.165, 1.54) is 11.8 Å². The lowest BCUT2D eigenvalue weighted by Gasteiger charge is -2.24. The van der Waals surface area contributed by atoms with Crippen molar-refractivity contribution in [2.24, 2.45) is 0 Å². The molecular weight excluding hydrogens is 308 g/mol. The molecule has 1 aromatic rings. The quantitative estimate of drug-likeness (QED) is 0.840. The lowest BCUT2D eigenvalue weighted by Crippen LogP contribution is -2.45. The Morgan fingerprint density at radius 3 is 2.43 bits per heavy atom. The summed E-state index contributed by atoms with van der Waals surface area (Å²) in [6.45, 7) is 8.53. The largest absolute Gasteiger partial charge is 0.348 e. The number of carbonyl (C=O) groups excluding carboxylic acids is 2. The van der Waals surface area contributed by atoms with Crippen LogP contribution in [0.4, 0.5) is 0 Å². The number of hydrogen-bond donors (Lipinski definition) is 1. The number of benzene rings is 1. The van der Waals surface area contributed by atoms with Crippen molar-refractivity contribution in [3.63, 3.8) is 0 Å². The van der Waals surface area contributed by atoms with Crippen LogP contribution in [-0.4, -0.2) is 34.6 Å². The number of thioether (sulfide) groups is 1. The third-order valence-corrected chi connectivity index (χ3v) is 5.09. The van der Waals surface area contributed by atoms with Gasteiger partial charge in [-0.25, -0.2) is 0 Å². The minimum atomic E-state index is -0.314. The molecule has 23 heavy (non-hydrogen) atoms. The highest BCUT2D eigenvalue weighted by molar-refractivity contribution is 7.99. The van der Waals surface area contributed by atoms with Gasteiger partial charge in [-0.1, -0.05) is 26.0 Å². The van der Waals surface area contributed by atoms with Crippen LogP contribution in [0.5, 0.6) is 0 Å². The number of likely N-dealkylation sites (tertiary alicyclic amines) is 1. The molecule has 1 aliphatic rings. The van der Waals surface area contributed by atoms with Gasteiger partial charge in [0.15, 0.2) is 0 Å². The Balaban J connectivity index is 1.96. The number of carbonyl (C=O) groups is 2. The second kappa shape index (κ2) is 7.86. The average Bonchev–Trinajstić information content (AvgIpc) is 2.97. The fraction of sp³-hybridized carbons (Fsp3) is 0.556. The van der Waals surface area contributed by atoms with Crippen molar-refractivity contribution in [2.75, 3.05) is 6.54 Å². The summed E-state index contributed by atoms with van der Waals surface area (Å²) < 4.78 is 0. The maximum atomic E-state index is 12.4. The molecule has 1 fully saturated rings. The second-order valence-corrected chi connectivity index (χ2v) is 7.99. The highest BCUT2D eigenvalue weighted by Gasteiger charge is 2.32. The molecule has 1 saturated heterocycles. The Bertz CT molecular complexity index is 557. The first-order valence-corrected chi connectivity index (χ1v) is 9.10. The average molecular weight is 334 g/mol. The summed E-state index contributed by atoms with van der Waals surface area (Å²) in [6, 6.07) is 7.95. The van der Waals surface area contributed by atoms with Gasteiger partial charge in [0.25, 0.3) is 0 Å². The molecule has 126 valence electrons. The third kappa shape index (κ3) is 4.74. The van der Waals surface area contributed by atoms with Gasteiger partial charge in [-0.3, -0.25) is 9.59 Å². The zero-order chi connectivity index (χ0) is 17.0. The molecule has 0 unspecified atom stereocenters. The van der Waals surface area contributed by atoms with E-state index in [4.69, 9.17) is 0 Å². The summed E-state index contributed by atoms with van der Waals surface area (Å²) in [5.41, 5.74) is 1.08. The van der Waals surface area contributed by atoms with Gasteiger partial charge < -0.3 is 10.2 Å². The van der Waals surface area contributed by atoms with Crippen LogP contribution in [0.1, 0.15) is 52.1 Å². The van der Waals surface area contributed by atoms with E-state index in [9.17, 15) is 9.59 Å². The Morgan fingerprint density at radius 2 is 1.87 bits per heavy atom. The second-order valence-electron chi connectivity index (χ2n) is 6.34.